The number of benzene rings is 1. The van der Waals surface area contributed by atoms with Gasteiger partial charge in [0.25, 0.3) is 5.91 Å². The predicted molar refractivity (Wildman–Crippen MR) is 174 cm³/mol. The van der Waals surface area contributed by atoms with Gasteiger partial charge in [0, 0.05) is 24.0 Å². The highest BCUT2D eigenvalue weighted by molar-refractivity contribution is 5.96. The van der Waals surface area contributed by atoms with Crippen molar-refractivity contribution in [2.45, 2.75) is 115 Å². The molecule has 1 saturated heterocycles. The molecule has 4 aliphatic carbocycles. The van der Waals surface area contributed by atoms with Crippen molar-refractivity contribution in [3.63, 3.8) is 0 Å². The molecule has 1 aromatic carbocycles. The Morgan fingerprint density at radius 2 is 1.84 bits per heavy atom. The Balaban J connectivity index is 1.03. The highest BCUT2D eigenvalue weighted by Gasteiger charge is 2.63. The van der Waals surface area contributed by atoms with Crippen LogP contribution in [-0.4, -0.2) is 47.7 Å². The van der Waals surface area contributed by atoms with Crippen molar-refractivity contribution in [3.8, 4) is 12.3 Å². The number of nitrogens with zero attached hydrogens (tertiary/aromatic N) is 1. The van der Waals surface area contributed by atoms with E-state index in [4.69, 9.17) is 16.0 Å². The van der Waals surface area contributed by atoms with Crippen LogP contribution >= 0.6 is 0 Å². The van der Waals surface area contributed by atoms with Gasteiger partial charge in [0.1, 0.15) is 5.60 Å². The third-order valence-electron chi connectivity index (χ3n) is 12.9. The first-order valence-electron chi connectivity index (χ1n) is 17.0. The van der Waals surface area contributed by atoms with Crippen LogP contribution in [0.25, 0.3) is 0 Å². The van der Waals surface area contributed by atoms with Crippen molar-refractivity contribution in [1.29, 1.82) is 0 Å². The topological polar surface area (TPSA) is 80.2 Å². The summed E-state index contributed by atoms with van der Waals surface area (Å²) < 4.78 is 6.04. The fourth-order valence-electron chi connectivity index (χ4n) is 10.4. The monoisotopic (exact) mass is 600 g/mol. The molecule has 1 amide bonds. The summed E-state index contributed by atoms with van der Waals surface area (Å²) in [4.78, 5) is 18.3. The number of amides is 1. The Morgan fingerprint density at radius 1 is 1.07 bits per heavy atom. The Labute approximate surface area is 264 Å². The number of hydrogen-bond donors (Lipinski definition) is 2. The van der Waals surface area contributed by atoms with Crippen molar-refractivity contribution in [3.05, 3.63) is 47.5 Å². The number of ether oxygens (including phenoxy) is 1. The number of hydrogen-bond acceptors (Lipinski definition) is 5. The smallest absolute Gasteiger partial charge is 0.260 e. The summed E-state index contributed by atoms with van der Waals surface area (Å²) >= 11 is 0. The molecule has 4 fully saturated rings. The van der Waals surface area contributed by atoms with Crippen LogP contribution in [0.4, 0.5) is 0 Å². The van der Waals surface area contributed by atoms with Crippen LogP contribution in [0.1, 0.15) is 104 Å². The summed E-state index contributed by atoms with van der Waals surface area (Å²) in [5.74, 6) is 4.39. The molecule has 6 heteroatoms. The normalized spacial score (nSPS) is 40.1. The Kier molecular flexibility index (Phi) is 8.29. The number of fused-ring (bicyclic) bond motifs is 5. The van der Waals surface area contributed by atoms with Gasteiger partial charge in [-0.1, -0.05) is 60.8 Å². The molecule has 0 aromatic heterocycles. The van der Waals surface area contributed by atoms with E-state index in [1.54, 1.807) is 0 Å². The van der Waals surface area contributed by atoms with Gasteiger partial charge in [-0.2, -0.15) is 0 Å². The summed E-state index contributed by atoms with van der Waals surface area (Å²) in [5, 5.41) is 18.8. The van der Waals surface area contributed by atoms with Gasteiger partial charge in [-0.05, 0) is 119 Å². The first-order valence-corrected chi connectivity index (χ1v) is 17.0. The first-order chi connectivity index (χ1) is 20.9. The molecule has 0 radical (unpaired) electrons. The molecule has 7 atom stereocenters. The molecule has 2 N–H and O–H groups in total. The number of terminal acetylenes is 1. The van der Waals surface area contributed by atoms with Crippen molar-refractivity contribution in [2.75, 3.05) is 19.8 Å². The molecule has 238 valence electrons. The van der Waals surface area contributed by atoms with Gasteiger partial charge in [0.05, 0.1) is 11.3 Å². The highest BCUT2D eigenvalue weighted by atomic mass is 16.6. The van der Waals surface area contributed by atoms with E-state index in [1.165, 1.54) is 11.1 Å². The lowest BCUT2D eigenvalue weighted by molar-refractivity contribution is -0.125. The highest BCUT2D eigenvalue weighted by Crippen LogP contribution is 2.67. The van der Waals surface area contributed by atoms with Crippen molar-refractivity contribution in [2.24, 2.45) is 33.7 Å². The molecule has 0 unspecified atom stereocenters. The lowest BCUT2D eigenvalue weighted by Crippen LogP contribution is -2.54. The number of oxime groups is 1. The number of carbonyl (C=O) groups excluding carboxylic acids is 1. The molecule has 5 aliphatic rings. The summed E-state index contributed by atoms with van der Waals surface area (Å²) in [6, 6.07) is 10.7. The Hall–Kier alpha value is -2.62. The average Bonchev–Trinajstić information content (AvgIpc) is 3.28. The SMILES string of the molecule is C#C[C@]1(O)CC[C@H]2[C@@H]3CCC4=C/C(=N/OCC(=O)NCC[C@@]5(c6ccccc6)CCOC(C)(C)C5)CC[C@]4(C)[C@H]3CC[C@@]21C. The van der Waals surface area contributed by atoms with Gasteiger partial charge >= 0.3 is 0 Å². The quantitative estimate of drug-likeness (QED) is 0.269. The summed E-state index contributed by atoms with van der Waals surface area (Å²) in [5.41, 5.74) is 2.57. The van der Waals surface area contributed by atoms with Crippen LogP contribution in [0.2, 0.25) is 0 Å². The maximum absolute atomic E-state index is 12.7. The Morgan fingerprint density at radius 3 is 2.59 bits per heavy atom. The number of rotatable bonds is 7. The van der Waals surface area contributed by atoms with Gasteiger partial charge in [0.2, 0.25) is 0 Å². The number of allylic oxidation sites excluding steroid dienone is 2. The van der Waals surface area contributed by atoms with Crippen LogP contribution < -0.4 is 5.32 Å². The lowest BCUT2D eigenvalue weighted by atomic mass is 9.46. The van der Waals surface area contributed by atoms with E-state index in [-0.39, 0.29) is 34.4 Å². The fourth-order valence-corrected chi connectivity index (χ4v) is 10.4. The third-order valence-corrected chi connectivity index (χ3v) is 12.9. The van der Waals surface area contributed by atoms with Crippen molar-refractivity contribution in [1.82, 2.24) is 5.32 Å². The molecule has 6 rings (SSSR count). The van der Waals surface area contributed by atoms with Gasteiger partial charge in [-0.15, -0.1) is 6.42 Å². The second-order valence-corrected chi connectivity index (χ2v) is 15.6. The second kappa shape index (κ2) is 11.6. The van der Waals surface area contributed by atoms with Crippen LogP contribution in [-0.2, 0) is 19.8 Å². The molecule has 0 bridgehead atoms. The van der Waals surface area contributed by atoms with Crippen molar-refractivity contribution < 1.29 is 19.5 Å². The van der Waals surface area contributed by atoms with Crippen LogP contribution in [0.5, 0.6) is 0 Å². The summed E-state index contributed by atoms with van der Waals surface area (Å²) in [6.07, 6.45) is 18.9. The van der Waals surface area contributed by atoms with Gasteiger partial charge < -0.3 is 20.0 Å². The largest absolute Gasteiger partial charge is 0.385 e. The molecular weight excluding hydrogens is 548 g/mol. The van der Waals surface area contributed by atoms with E-state index in [0.717, 1.165) is 82.9 Å². The van der Waals surface area contributed by atoms with E-state index in [9.17, 15) is 9.90 Å². The lowest BCUT2D eigenvalue weighted by Gasteiger charge is -2.58. The summed E-state index contributed by atoms with van der Waals surface area (Å²) in [7, 11) is 0. The van der Waals surface area contributed by atoms with E-state index in [2.05, 4.69) is 80.5 Å². The average molecular weight is 601 g/mol. The molecule has 6 nitrogen and oxygen atoms in total. The number of carbonyl (C=O) groups is 1. The van der Waals surface area contributed by atoms with Gasteiger partial charge in [-0.3, -0.25) is 4.79 Å². The van der Waals surface area contributed by atoms with E-state index in [1.807, 2.05) is 0 Å². The number of aliphatic hydroxyl groups is 1. The molecule has 1 aromatic rings. The third kappa shape index (κ3) is 5.43. The molecule has 1 aliphatic heterocycles. The van der Waals surface area contributed by atoms with E-state index >= 15 is 0 Å². The van der Waals surface area contributed by atoms with Crippen molar-refractivity contribution >= 4 is 11.6 Å². The minimum absolute atomic E-state index is 0.0193. The molecular formula is C38H52N2O4. The number of nitrogens with one attached hydrogen (secondary N) is 1. The van der Waals surface area contributed by atoms with E-state index < -0.39 is 5.60 Å². The van der Waals surface area contributed by atoms with Crippen LogP contribution in [0.15, 0.2) is 47.1 Å². The maximum Gasteiger partial charge on any atom is 0.260 e. The standard InChI is InChI=1S/C38H52N2O4/c1-6-38(42)19-16-32-30-13-12-28-24-29(14-17-35(28,4)31(30)15-18-36(32,38)5)40-44-25-33(41)39-22-20-37(27-10-8-7-9-11-27)21-23-43-34(2,3)26-37/h1,7-11,24,30-32,42H,12-23,25-26H2,2-5H3,(H,39,41)/b40-29+/t30-,31+,32+,35+,36+,37-,38+/m1/s1. The molecule has 1 heterocycles. The zero-order valence-electron chi connectivity index (χ0n) is 27.3. The molecule has 0 spiro atoms. The van der Waals surface area contributed by atoms with Crippen LogP contribution in [0.3, 0.4) is 0 Å². The van der Waals surface area contributed by atoms with Gasteiger partial charge in [0.15, 0.2) is 6.61 Å². The predicted octanol–water partition coefficient (Wildman–Crippen LogP) is 6.72. The minimum Gasteiger partial charge on any atom is -0.385 e. The zero-order chi connectivity index (χ0) is 31.2. The fraction of sp³-hybridized carbons (Fsp3) is 0.684. The molecule has 44 heavy (non-hydrogen) atoms. The first kappa shape index (κ1) is 31.4. The zero-order valence-corrected chi connectivity index (χ0v) is 27.3. The summed E-state index contributed by atoms with van der Waals surface area (Å²) in [6.45, 7) is 10.3. The minimum atomic E-state index is -0.958. The molecule has 3 saturated carbocycles. The second-order valence-electron chi connectivity index (χ2n) is 15.6. The van der Waals surface area contributed by atoms with E-state index in [0.29, 0.717) is 24.3 Å². The Bertz CT molecular complexity index is 1350. The maximum atomic E-state index is 12.7. The van der Waals surface area contributed by atoms with Gasteiger partial charge in [-0.25, -0.2) is 0 Å². The van der Waals surface area contributed by atoms with Crippen LogP contribution in [0, 0.1) is 40.9 Å².